The van der Waals surface area contributed by atoms with Gasteiger partial charge >= 0.3 is 0 Å². The zero-order valence-electron chi connectivity index (χ0n) is 16.4. The third-order valence-electron chi connectivity index (χ3n) is 4.61. The quantitative estimate of drug-likeness (QED) is 0.301. The number of anilines is 2. The summed E-state index contributed by atoms with van der Waals surface area (Å²) >= 11 is 7.09. The number of thiophene rings is 1. The van der Waals surface area contributed by atoms with Crippen LogP contribution >= 0.6 is 23.6 Å². The highest BCUT2D eigenvalue weighted by atomic mass is 32.1. The molecule has 28 heavy (non-hydrogen) atoms. The number of nitrogens with one attached hydrogen (secondary N) is 1. The summed E-state index contributed by atoms with van der Waals surface area (Å²) in [6.45, 7) is 4.10. The van der Waals surface area contributed by atoms with Crippen LogP contribution in [0.5, 0.6) is 0 Å². The number of thiocarbonyl (C=S) groups is 1. The maximum atomic E-state index is 13.2. The Hall–Kier alpha value is -2.70. The van der Waals surface area contributed by atoms with E-state index in [1.165, 1.54) is 16.9 Å². The first-order valence-electron chi connectivity index (χ1n) is 8.90. The number of aryl methyl sites for hydroxylation is 1. The first kappa shape index (κ1) is 20.0. The highest BCUT2D eigenvalue weighted by Gasteiger charge is 2.20. The molecule has 6 heteroatoms. The molecule has 3 rings (SSSR count). The van der Waals surface area contributed by atoms with Crippen LogP contribution in [0.3, 0.4) is 0 Å². The van der Waals surface area contributed by atoms with Crippen LogP contribution in [0.1, 0.15) is 16.0 Å². The molecule has 4 nitrogen and oxygen atoms in total. The van der Waals surface area contributed by atoms with Crippen LogP contribution in [0.2, 0.25) is 0 Å². The molecular formula is C22H23N3OS2. The molecule has 1 N–H and O–H groups in total. The van der Waals surface area contributed by atoms with E-state index in [4.69, 9.17) is 12.2 Å². The van der Waals surface area contributed by atoms with Gasteiger partial charge in [-0.2, -0.15) is 4.57 Å². The van der Waals surface area contributed by atoms with Gasteiger partial charge in [-0.15, -0.1) is 11.3 Å². The van der Waals surface area contributed by atoms with Crippen LogP contribution in [-0.4, -0.2) is 19.1 Å². The van der Waals surface area contributed by atoms with E-state index in [2.05, 4.69) is 18.3 Å². The Morgan fingerprint density at radius 3 is 2.39 bits per heavy atom. The molecule has 2 heterocycles. The molecule has 0 radical (unpaired) electrons. The first-order valence-corrected chi connectivity index (χ1v) is 10.2. The molecule has 3 aromatic rings. The summed E-state index contributed by atoms with van der Waals surface area (Å²) in [6.07, 6.45) is 3.74. The van der Waals surface area contributed by atoms with Gasteiger partial charge < -0.3 is 15.3 Å². The van der Waals surface area contributed by atoms with E-state index in [9.17, 15) is 5.11 Å². The van der Waals surface area contributed by atoms with E-state index in [0.717, 1.165) is 16.9 Å². The molecular weight excluding hydrogens is 386 g/mol. The highest BCUT2D eigenvalue weighted by molar-refractivity contribution is 7.81. The van der Waals surface area contributed by atoms with Crippen molar-refractivity contribution in [2.45, 2.75) is 13.8 Å². The molecule has 0 spiro atoms. The van der Waals surface area contributed by atoms with Gasteiger partial charge in [-0.25, -0.2) is 0 Å². The van der Waals surface area contributed by atoms with Gasteiger partial charge in [0.15, 0.2) is 17.4 Å². The van der Waals surface area contributed by atoms with Gasteiger partial charge in [-0.3, -0.25) is 0 Å². The monoisotopic (exact) mass is 409 g/mol. The average molecular weight is 410 g/mol. The first-order chi connectivity index (χ1) is 13.4. The normalized spacial score (nSPS) is 11.7. The number of nitrogens with zero attached hydrogens (tertiary/aromatic N) is 2. The van der Waals surface area contributed by atoms with Crippen LogP contribution in [0.25, 0.3) is 11.5 Å². The van der Waals surface area contributed by atoms with Crippen molar-refractivity contribution in [1.29, 1.82) is 0 Å². The molecule has 2 aromatic heterocycles. The Morgan fingerprint density at radius 2 is 1.79 bits per heavy atom. The minimum Gasteiger partial charge on any atom is -0.867 e. The number of hydrogen-bond donors (Lipinski definition) is 1. The van der Waals surface area contributed by atoms with E-state index in [1.807, 2.05) is 80.1 Å². The van der Waals surface area contributed by atoms with E-state index < -0.39 is 0 Å². The fourth-order valence-electron chi connectivity index (χ4n) is 2.80. The summed E-state index contributed by atoms with van der Waals surface area (Å²) in [6, 6.07) is 13.6. The fraction of sp³-hybridized carbons (Fsp3) is 0.182. The summed E-state index contributed by atoms with van der Waals surface area (Å²) < 4.78 is 1.79. The smallest absolute Gasteiger partial charge is 0.239 e. The number of hydrogen-bond acceptors (Lipinski definition) is 4. The van der Waals surface area contributed by atoms with E-state index in [-0.39, 0.29) is 5.76 Å². The second-order valence-corrected chi connectivity index (χ2v) is 8.07. The highest BCUT2D eigenvalue weighted by Crippen LogP contribution is 2.23. The predicted octanol–water partition coefficient (Wildman–Crippen LogP) is 3.84. The summed E-state index contributed by atoms with van der Waals surface area (Å²) in [4.78, 5) is 3.07. The Bertz CT molecular complexity index is 1010. The van der Waals surface area contributed by atoms with Crippen LogP contribution in [0.15, 0.2) is 60.2 Å². The van der Waals surface area contributed by atoms with Crippen LogP contribution in [0.4, 0.5) is 11.4 Å². The molecule has 0 bridgehead atoms. The molecule has 0 aliphatic carbocycles. The lowest BCUT2D eigenvalue weighted by molar-refractivity contribution is -0.577. The summed E-state index contributed by atoms with van der Waals surface area (Å²) in [7, 11) is 3.96. The molecule has 0 amide bonds. The van der Waals surface area contributed by atoms with E-state index in [1.54, 1.807) is 4.57 Å². The third-order valence-corrected chi connectivity index (χ3v) is 5.78. The Morgan fingerprint density at radius 1 is 1.07 bits per heavy atom. The minimum absolute atomic E-state index is 0.0968. The SMILES string of the molecule is Cc1cccc(NC(=S)C(=C([O-])c2cccs2)[n+]2ccc(N(C)C)cc2)c1C. The van der Waals surface area contributed by atoms with Gasteiger partial charge in [-0.1, -0.05) is 30.4 Å². The lowest BCUT2D eigenvalue weighted by Crippen LogP contribution is -2.40. The van der Waals surface area contributed by atoms with Gasteiger partial charge in [-0.05, 0) is 48.2 Å². The molecule has 0 atom stereocenters. The molecule has 144 valence electrons. The lowest BCUT2D eigenvalue weighted by Gasteiger charge is -2.17. The van der Waals surface area contributed by atoms with Crippen molar-refractivity contribution in [3.63, 3.8) is 0 Å². The maximum absolute atomic E-state index is 13.2. The molecule has 1 aromatic carbocycles. The average Bonchev–Trinajstić information content (AvgIpc) is 3.21. The molecule has 0 unspecified atom stereocenters. The Labute approximate surface area is 175 Å². The van der Waals surface area contributed by atoms with Crippen LogP contribution in [-0.2, 0) is 0 Å². The number of pyridine rings is 1. The molecule has 0 aliphatic rings. The van der Waals surface area contributed by atoms with Gasteiger partial charge in [0, 0.05) is 42.5 Å². The number of rotatable bonds is 5. The number of aromatic nitrogens is 1. The Kier molecular flexibility index (Phi) is 6.11. The van der Waals surface area contributed by atoms with Crippen molar-refractivity contribution in [3.05, 3.63) is 76.2 Å². The van der Waals surface area contributed by atoms with Crippen molar-refractivity contribution < 1.29 is 9.67 Å². The van der Waals surface area contributed by atoms with Crippen molar-refractivity contribution >= 4 is 51.4 Å². The zero-order valence-corrected chi connectivity index (χ0v) is 18.0. The summed E-state index contributed by atoms with van der Waals surface area (Å²) in [5.74, 6) is -0.0968. The molecule has 0 fully saturated rings. The lowest BCUT2D eigenvalue weighted by atomic mass is 10.1. The van der Waals surface area contributed by atoms with Crippen molar-refractivity contribution in [3.8, 4) is 0 Å². The van der Waals surface area contributed by atoms with Gasteiger partial charge in [0.2, 0.25) is 5.70 Å². The topological polar surface area (TPSA) is 42.2 Å². The number of benzene rings is 1. The van der Waals surface area contributed by atoms with Crippen molar-refractivity contribution in [1.82, 2.24) is 0 Å². The largest absolute Gasteiger partial charge is 0.867 e. The van der Waals surface area contributed by atoms with Gasteiger partial charge in [0.25, 0.3) is 0 Å². The van der Waals surface area contributed by atoms with Crippen molar-refractivity contribution in [2.75, 3.05) is 24.3 Å². The van der Waals surface area contributed by atoms with Gasteiger partial charge in [0.05, 0.1) is 0 Å². The minimum atomic E-state index is -0.0968. The maximum Gasteiger partial charge on any atom is 0.239 e. The molecule has 0 saturated carbocycles. The summed E-state index contributed by atoms with van der Waals surface area (Å²) in [5.41, 5.74) is 4.67. The second kappa shape index (κ2) is 8.54. The third kappa shape index (κ3) is 4.24. The standard InChI is InChI=1S/C22H23N3OS2/c1-15-7-5-8-18(16(15)2)23-22(27)20(21(26)19-9-6-14-28-19)25-12-10-17(11-13-25)24(3)4/h5-14H,1-4H3,(H-,23,26,27). The zero-order chi connectivity index (χ0) is 20.3. The Balaban J connectivity index is 2.05. The molecule has 0 aliphatic heterocycles. The fourth-order valence-corrected chi connectivity index (χ4v) is 3.77. The predicted molar refractivity (Wildman–Crippen MR) is 121 cm³/mol. The van der Waals surface area contributed by atoms with Gasteiger partial charge in [0.1, 0.15) is 0 Å². The summed E-state index contributed by atoms with van der Waals surface area (Å²) in [5, 5.41) is 18.4. The van der Waals surface area contributed by atoms with Crippen LogP contribution in [0, 0.1) is 13.8 Å². The van der Waals surface area contributed by atoms with Crippen molar-refractivity contribution in [2.24, 2.45) is 0 Å². The second-order valence-electron chi connectivity index (χ2n) is 6.71. The van der Waals surface area contributed by atoms with Crippen LogP contribution < -0.4 is 19.9 Å². The van der Waals surface area contributed by atoms with E-state index >= 15 is 0 Å². The molecule has 0 saturated heterocycles. The van der Waals surface area contributed by atoms with E-state index in [0.29, 0.717) is 15.6 Å².